The Balaban J connectivity index is 1.18. The van der Waals surface area contributed by atoms with Gasteiger partial charge in [0.25, 0.3) is 17.7 Å². The number of fused-ring (bicyclic) bond motifs is 1. The number of nitrogens with two attached hydrogens (primary N) is 1. The number of phenols is 2. The molecule has 20 heteroatoms. The van der Waals surface area contributed by atoms with E-state index in [-0.39, 0.29) is 39.3 Å². The van der Waals surface area contributed by atoms with Crippen molar-refractivity contribution in [1.29, 1.82) is 0 Å². The number of anilines is 1. The summed E-state index contributed by atoms with van der Waals surface area (Å²) >= 11 is 3.63. The monoisotopic (exact) mass is 700 g/mol. The number of carboxylic acids is 1. The number of oxime groups is 1. The van der Waals surface area contributed by atoms with E-state index in [1.54, 1.807) is 12.1 Å². The number of aromatic nitrogens is 2. The van der Waals surface area contributed by atoms with Crippen molar-refractivity contribution in [3.63, 3.8) is 0 Å². The summed E-state index contributed by atoms with van der Waals surface area (Å²) < 4.78 is 1.14. The zero-order valence-electron chi connectivity index (χ0n) is 24.0. The largest absolute Gasteiger partial charge is 0.543 e. The zero-order valence-corrected chi connectivity index (χ0v) is 26.5. The van der Waals surface area contributed by atoms with Gasteiger partial charge in [-0.25, -0.2) is 4.98 Å². The molecular formula is C27H24N8O9S3. The number of aliphatic carboxylic acids is 1. The highest BCUT2D eigenvalue weighted by molar-refractivity contribution is 8.01. The molecule has 1 fully saturated rings. The lowest BCUT2D eigenvalue weighted by Crippen LogP contribution is -2.71. The summed E-state index contributed by atoms with van der Waals surface area (Å²) in [6.45, 7) is 0. The van der Waals surface area contributed by atoms with Gasteiger partial charge in [0, 0.05) is 27.3 Å². The number of benzene rings is 1. The molecule has 2 atom stereocenters. The summed E-state index contributed by atoms with van der Waals surface area (Å²) in [7, 11) is 1.24. The molecule has 4 amide bonds. The van der Waals surface area contributed by atoms with Gasteiger partial charge in [0.1, 0.15) is 36.6 Å². The molecule has 0 aliphatic carbocycles. The number of hydrogen-bond donors (Lipinski definition) is 6. The number of pyridine rings is 1. The van der Waals surface area contributed by atoms with Crippen molar-refractivity contribution in [2.75, 3.05) is 24.3 Å². The molecule has 5 rings (SSSR count). The molecule has 4 heterocycles. The Morgan fingerprint density at radius 2 is 1.94 bits per heavy atom. The second-order valence-corrected chi connectivity index (χ2v) is 12.7. The summed E-state index contributed by atoms with van der Waals surface area (Å²) in [4.78, 5) is 73.3. The molecule has 0 bridgehead atoms. The highest BCUT2D eigenvalue weighted by atomic mass is 32.2. The summed E-state index contributed by atoms with van der Waals surface area (Å²) in [6.07, 6.45) is 2.84. The number of hydrazine groups is 1. The van der Waals surface area contributed by atoms with Crippen LogP contribution >= 0.6 is 34.9 Å². The van der Waals surface area contributed by atoms with Gasteiger partial charge in [-0.3, -0.25) is 19.3 Å². The number of carbonyl (C=O) groups is 5. The maximum absolute atomic E-state index is 13.1. The molecule has 0 unspecified atom stereocenters. The maximum Gasteiger partial charge on any atom is 0.519 e. The minimum Gasteiger partial charge on any atom is -0.543 e. The first-order chi connectivity index (χ1) is 22.5. The molecule has 7 N–H and O–H groups in total. The van der Waals surface area contributed by atoms with E-state index in [1.807, 2.05) is 0 Å². The molecule has 1 aromatic carbocycles. The first-order valence-electron chi connectivity index (χ1n) is 13.3. The molecule has 2 aliphatic rings. The quantitative estimate of drug-likeness (QED) is 0.0387. The Morgan fingerprint density at radius 1 is 1.19 bits per heavy atom. The Morgan fingerprint density at radius 3 is 2.57 bits per heavy atom. The summed E-state index contributed by atoms with van der Waals surface area (Å²) in [5.41, 5.74) is 10.2. The predicted octanol–water partition coefficient (Wildman–Crippen LogP) is -1.13. The van der Waals surface area contributed by atoms with Crippen molar-refractivity contribution in [3.05, 3.63) is 70.6 Å². The number of hydrogen-bond acceptors (Lipinski definition) is 15. The van der Waals surface area contributed by atoms with Crippen LogP contribution in [0.25, 0.3) is 0 Å². The van der Waals surface area contributed by atoms with Crippen LogP contribution in [0, 0.1) is 0 Å². The number of amides is 4. The van der Waals surface area contributed by atoms with Crippen LogP contribution in [0.4, 0.5) is 9.93 Å². The number of rotatable bonds is 9. The van der Waals surface area contributed by atoms with Crippen molar-refractivity contribution in [2.45, 2.75) is 16.3 Å². The number of phenolic OH excluding ortho intramolecular Hbond substituents is 2. The summed E-state index contributed by atoms with van der Waals surface area (Å²) in [6, 6.07) is 4.88. The lowest BCUT2D eigenvalue weighted by atomic mass is 10.0. The fourth-order valence-electron chi connectivity index (χ4n) is 4.41. The van der Waals surface area contributed by atoms with E-state index in [9.17, 15) is 39.3 Å². The van der Waals surface area contributed by atoms with Crippen LogP contribution in [0.3, 0.4) is 0 Å². The SMILES string of the molecule is CO/N=C(\C(=O)N[C@@H]1C(=O)N2C(C(=O)[O-])=C(CSc3cc[n+](C(=O)NNC(=O)c4ccc(O)c(O)c4)cc3)CS[C@H]12)c1csc(N)n1. The van der Waals surface area contributed by atoms with E-state index in [0.717, 1.165) is 32.9 Å². The molecule has 2 aromatic heterocycles. The fourth-order valence-corrected chi connectivity index (χ4v) is 7.33. The molecule has 0 saturated carbocycles. The summed E-state index contributed by atoms with van der Waals surface area (Å²) in [5, 5.41) is 38.3. The number of thiazole rings is 1. The van der Waals surface area contributed by atoms with E-state index in [2.05, 4.69) is 26.3 Å². The first-order valence-corrected chi connectivity index (χ1v) is 16.2. The Kier molecular flexibility index (Phi) is 9.82. The first kappa shape index (κ1) is 33.0. The van der Waals surface area contributed by atoms with E-state index in [0.29, 0.717) is 10.5 Å². The lowest BCUT2D eigenvalue weighted by Gasteiger charge is -2.50. The molecule has 17 nitrogen and oxygen atoms in total. The molecule has 0 spiro atoms. The van der Waals surface area contributed by atoms with Crippen LogP contribution in [-0.4, -0.2) is 85.6 Å². The molecule has 47 heavy (non-hydrogen) atoms. The van der Waals surface area contributed by atoms with Gasteiger partial charge in [0.2, 0.25) is 0 Å². The standard InChI is InChI=1S/C27H24N8O9S3/c1-44-33-18(15-11-47-26(28)29-15)22(39)30-19-23(40)35-20(25(41)42)13(10-46-24(19)35)9-45-14-4-6-34(7-5-14)27(43)32-31-21(38)12-2-3-16(36)17(37)8-12/h2-8,11,19,24H,9-10H2,1H3,(H7-,28,29,30,31,32,33,36,37,38,39,41,42,43)/t19-,24-/m1/s1. The number of β-lactam (4-membered cyclic amide) rings is 1. The number of carbonyl (C=O) groups excluding carboxylic acids is 5. The zero-order chi connectivity index (χ0) is 33.8. The van der Waals surface area contributed by atoms with Crippen molar-refractivity contribution in [2.24, 2.45) is 5.16 Å². The third-order valence-electron chi connectivity index (χ3n) is 6.66. The van der Waals surface area contributed by atoms with Gasteiger partial charge in [-0.15, -0.1) is 40.3 Å². The smallest absolute Gasteiger partial charge is 0.519 e. The number of thioether (sulfide) groups is 2. The van der Waals surface area contributed by atoms with Crippen LogP contribution in [0.15, 0.2) is 69.4 Å². The van der Waals surface area contributed by atoms with Crippen LogP contribution < -0.4 is 31.6 Å². The normalized spacial score (nSPS) is 17.3. The van der Waals surface area contributed by atoms with Gasteiger partial charge in [0.15, 0.2) is 22.3 Å². The molecule has 3 aromatic rings. The van der Waals surface area contributed by atoms with Crippen molar-refractivity contribution < 1.29 is 48.7 Å². The highest BCUT2D eigenvalue weighted by Crippen LogP contribution is 2.41. The highest BCUT2D eigenvalue weighted by Gasteiger charge is 2.53. The lowest BCUT2D eigenvalue weighted by molar-refractivity contribution is -0.572. The van der Waals surface area contributed by atoms with Crippen LogP contribution in [0.5, 0.6) is 11.5 Å². The van der Waals surface area contributed by atoms with Gasteiger partial charge in [-0.05, 0) is 35.9 Å². The van der Waals surface area contributed by atoms with Crippen LogP contribution in [-0.2, 0) is 19.2 Å². The molecule has 2 aliphatic heterocycles. The van der Waals surface area contributed by atoms with Gasteiger partial charge in [0.05, 0.1) is 11.7 Å². The predicted molar refractivity (Wildman–Crippen MR) is 166 cm³/mol. The number of nitrogen functional groups attached to an aromatic ring is 1. The minimum atomic E-state index is -1.53. The number of nitrogens with zero attached hydrogens (tertiary/aromatic N) is 4. The van der Waals surface area contributed by atoms with E-state index < -0.39 is 52.6 Å². The van der Waals surface area contributed by atoms with Crippen molar-refractivity contribution >= 4 is 75.4 Å². The average molecular weight is 701 g/mol. The van der Waals surface area contributed by atoms with Crippen LogP contribution in [0.1, 0.15) is 16.1 Å². The second-order valence-electron chi connectivity index (χ2n) is 9.61. The molecular weight excluding hydrogens is 677 g/mol. The number of aromatic hydroxyl groups is 2. The Labute approximate surface area is 277 Å². The minimum absolute atomic E-state index is 0.00158. The summed E-state index contributed by atoms with van der Waals surface area (Å²) in [5.74, 6) is -4.10. The third-order valence-corrected chi connectivity index (χ3v) is 9.77. The van der Waals surface area contributed by atoms with Crippen LogP contribution in [0.2, 0.25) is 0 Å². The van der Waals surface area contributed by atoms with Gasteiger partial charge in [-0.1, -0.05) is 5.16 Å². The van der Waals surface area contributed by atoms with E-state index in [1.165, 1.54) is 54.5 Å². The Hall–Kier alpha value is -5.34. The molecule has 244 valence electrons. The van der Waals surface area contributed by atoms with Gasteiger partial charge < -0.3 is 36.0 Å². The average Bonchev–Trinajstić information content (AvgIpc) is 3.50. The van der Waals surface area contributed by atoms with E-state index >= 15 is 0 Å². The van der Waals surface area contributed by atoms with Crippen molar-refractivity contribution in [1.82, 2.24) is 26.1 Å². The van der Waals surface area contributed by atoms with Gasteiger partial charge >= 0.3 is 6.03 Å². The molecule has 1 saturated heterocycles. The molecule has 0 radical (unpaired) electrons. The topological polar surface area (TPSA) is 253 Å². The van der Waals surface area contributed by atoms with Crippen molar-refractivity contribution in [3.8, 4) is 11.5 Å². The second kappa shape index (κ2) is 14.0. The van der Waals surface area contributed by atoms with Gasteiger partial charge in [-0.2, -0.15) is 14.8 Å². The number of carboxylic acid groups (broad SMARTS) is 1. The maximum atomic E-state index is 13.1. The third kappa shape index (κ3) is 7.08. The number of nitrogens with one attached hydrogen (secondary N) is 3. The van der Waals surface area contributed by atoms with E-state index in [4.69, 9.17) is 10.6 Å². The fraction of sp³-hybridized carbons (Fsp3) is 0.185. The Bertz CT molecular complexity index is 1830.